The first-order chi connectivity index (χ1) is 17.5. The van der Waals surface area contributed by atoms with Crippen molar-refractivity contribution < 1.29 is 4.57 Å². The van der Waals surface area contributed by atoms with Crippen LogP contribution in [0.1, 0.15) is 42.3 Å². The van der Waals surface area contributed by atoms with Crippen molar-refractivity contribution in [2.45, 2.75) is 33.7 Å². The number of hydrogen-bond donors (Lipinski definition) is 0. The molecule has 2 aliphatic heterocycles. The second kappa shape index (κ2) is 12.2. The summed E-state index contributed by atoms with van der Waals surface area (Å²) >= 11 is 0. The number of aryl methyl sites for hydroxylation is 2. The molecule has 0 radical (unpaired) electrons. The van der Waals surface area contributed by atoms with Crippen LogP contribution in [0, 0.1) is 31.9 Å². The second-order valence-electron chi connectivity index (χ2n) is 9.35. The Hall–Kier alpha value is -2.69. The summed E-state index contributed by atoms with van der Waals surface area (Å²) in [6.45, 7) is 8.67. The number of benzene rings is 3. The third-order valence-corrected chi connectivity index (χ3v) is 6.87. The van der Waals surface area contributed by atoms with Crippen molar-refractivity contribution in [2.75, 3.05) is 0 Å². The minimum absolute atomic E-state index is 0. The Balaban J connectivity index is 0.000000169. The Morgan fingerprint density at radius 3 is 2.41 bits per heavy atom. The van der Waals surface area contributed by atoms with Gasteiger partial charge in [-0.1, -0.05) is 90.9 Å². The monoisotopic (exact) mass is 555 g/mol. The SMILES string of the molecule is Cc1cccc(-c2[c-]c(C3C=CC=C[N-]3)ccc2)c1.Cc1cccc2[n+]1[C-](C)[C-](C)c1ccccc1-2.[Sr+2]. The Labute approximate surface area is 259 Å². The van der Waals surface area contributed by atoms with Gasteiger partial charge < -0.3 is 9.88 Å². The Morgan fingerprint density at radius 1 is 0.838 bits per heavy atom. The summed E-state index contributed by atoms with van der Waals surface area (Å²) in [5.74, 6) is 1.37. The molecule has 37 heavy (non-hydrogen) atoms. The molecule has 1 atom stereocenters. The molecule has 2 aliphatic rings. The second-order valence-corrected chi connectivity index (χ2v) is 9.35. The molecular weight excluding hydrogens is 524 g/mol. The number of nitrogens with zero attached hydrogens (tertiary/aromatic N) is 2. The Kier molecular flexibility index (Phi) is 9.04. The van der Waals surface area contributed by atoms with E-state index in [2.05, 4.69) is 135 Å². The maximum atomic E-state index is 4.45. The van der Waals surface area contributed by atoms with Crippen molar-refractivity contribution in [3.63, 3.8) is 0 Å². The maximum absolute atomic E-state index is 4.45. The van der Waals surface area contributed by atoms with Crippen LogP contribution in [0.2, 0.25) is 0 Å². The summed E-state index contributed by atoms with van der Waals surface area (Å²) in [6, 6.07) is 34.8. The van der Waals surface area contributed by atoms with Gasteiger partial charge in [-0.05, 0) is 20.8 Å². The van der Waals surface area contributed by atoms with Gasteiger partial charge in [-0.2, -0.15) is 17.8 Å². The van der Waals surface area contributed by atoms with E-state index in [0.29, 0.717) is 0 Å². The predicted octanol–water partition coefficient (Wildman–Crippen LogP) is 7.89. The summed E-state index contributed by atoms with van der Waals surface area (Å²) in [6.07, 6.45) is 7.91. The van der Waals surface area contributed by atoms with Gasteiger partial charge in [0.2, 0.25) is 0 Å². The maximum Gasteiger partial charge on any atom is 2.00 e. The molecule has 0 bridgehead atoms. The molecule has 4 aromatic rings. The zero-order valence-electron chi connectivity index (χ0n) is 22.1. The van der Waals surface area contributed by atoms with Gasteiger partial charge in [0.1, 0.15) is 0 Å². The van der Waals surface area contributed by atoms with Gasteiger partial charge >= 0.3 is 45.5 Å². The molecule has 3 aromatic carbocycles. The van der Waals surface area contributed by atoms with Crippen molar-refractivity contribution in [2.24, 2.45) is 0 Å². The number of hydrogen-bond acceptors (Lipinski definition) is 0. The van der Waals surface area contributed by atoms with Gasteiger partial charge in [0.25, 0.3) is 0 Å². The van der Waals surface area contributed by atoms with Crippen molar-refractivity contribution >= 4 is 45.5 Å². The van der Waals surface area contributed by atoms with E-state index >= 15 is 0 Å². The summed E-state index contributed by atoms with van der Waals surface area (Å²) in [7, 11) is 0. The minimum Gasteiger partial charge on any atom is -0.682 e. The molecule has 180 valence electrons. The molecule has 1 unspecified atom stereocenters. The number of allylic oxidation sites excluding steroid dienone is 2. The third-order valence-electron chi connectivity index (χ3n) is 6.87. The zero-order valence-corrected chi connectivity index (χ0v) is 25.5. The van der Waals surface area contributed by atoms with Crippen LogP contribution in [0.15, 0.2) is 109 Å². The average molecular weight is 555 g/mol. The van der Waals surface area contributed by atoms with E-state index < -0.39 is 0 Å². The number of fused-ring (bicyclic) bond motifs is 3. The number of aromatic nitrogens is 1. The first kappa shape index (κ1) is 27.3. The van der Waals surface area contributed by atoms with E-state index in [4.69, 9.17) is 0 Å². The largest absolute Gasteiger partial charge is 2.00 e. The van der Waals surface area contributed by atoms with Crippen LogP contribution in [0.5, 0.6) is 0 Å². The molecule has 2 nitrogen and oxygen atoms in total. The summed E-state index contributed by atoms with van der Waals surface area (Å²) in [5, 5.41) is 4.45. The molecule has 0 fully saturated rings. The van der Waals surface area contributed by atoms with Crippen molar-refractivity contribution in [1.29, 1.82) is 0 Å². The Bertz CT molecular complexity index is 1440. The molecule has 3 heteroatoms. The number of pyridine rings is 1. The first-order valence-electron chi connectivity index (χ1n) is 12.4. The molecule has 3 heterocycles. The van der Waals surface area contributed by atoms with Crippen LogP contribution in [-0.4, -0.2) is 45.5 Å². The summed E-state index contributed by atoms with van der Waals surface area (Å²) < 4.78 is 2.34. The van der Waals surface area contributed by atoms with Crippen LogP contribution in [0.4, 0.5) is 0 Å². The molecule has 0 saturated carbocycles. The quantitative estimate of drug-likeness (QED) is 0.136. The fourth-order valence-corrected chi connectivity index (χ4v) is 4.90. The Morgan fingerprint density at radius 2 is 1.62 bits per heavy atom. The average Bonchev–Trinajstić information content (AvgIpc) is 2.93. The van der Waals surface area contributed by atoms with Gasteiger partial charge in [-0.3, -0.25) is 0 Å². The van der Waals surface area contributed by atoms with Crippen LogP contribution in [0.3, 0.4) is 0 Å². The molecule has 0 N–H and O–H groups in total. The van der Waals surface area contributed by atoms with Crippen LogP contribution >= 0.6 is 0 Å². The van der Waals surface area contributed by atoms with Crippen LogP contribution < -0.4 is 4.57 Å². The van der Waals surface area contributed by atoms with Crippen LogP contribution in [-0.2, 0) is 0 Å². The molecule has 0 aliphatic carbocycles. The van der Waals surface area contributed by atoms with Crippen molar-refractivity contribution in [3.05, 3.63) is 155 Å². The standard InChI is InChI=1S/C18H15N.C16H16N.Sr/c1-14-6-4-7-15(12-14)16-8-5-9-17(13-16)18-10-2-3-11-19-18;1-11-7-6-10-16-15-9-5-4-8-14(15)12(2)13(3)17(11)16;/h2-12,18H,1H3;4-10H,1-3H3;/q-2;-1;+2. The topological polar surface area (TPSA) is 18.0 Å². The number of rotatable bonds is 2. The molecular formula is C34H31N2Sr-. The predicted molar refractivity (Wildman–Crippen MR) is 155 cm³/mol. The normalized spacial score (nSPS) is 15.0. The van der Waals surface area contributed by atoms with E-state index in [1.54, 1.807) is 0 Å². The summed E-state index contributed by atoms with van der Waals surface area (Å²) in [5.41, 5.74) is 9.98. The fraction of sp³-hybridized carbons (Fsp3) is 0.147. The van der Waals surface area contributed by atoms with E-state index in [1.165, 1.54) is 45.6 Å². The third kappa shape index (κ3) is 5.91. The molecule has 0 spiro atoms. The van der Waals surface area contributed by atoms with Gasteiger partial charge in [-0.25, -0.2) is 0 Å². The van der Waals surface area contributed by atoms with Gasteiger partial charge in [0, 0.05) is 6.04 Å². The smallest absolute Gasteiger partial charge is 0.682 e. The van der Waals surface area contributed by atoms with Crippen molar-refractivity contribution in [3.8, 4) is 22.4 Å². The van der Waals surface area contributed by atoms with E-state index in [9.17, 15) is 0 Å². The van der Waals surface area contributed by atoms with Gasteiger partial charge in [-0.15, -0.1) is 59.0 Å². The van der Waals surface area contributed by atoms with E-state index in [-0.39, 0.29) is 51.5 Å². The summed E-state index contributed by atoms with van der Waals surface area (Å²) in [4.78, 5) is 0. The molecule has 6 rings (SSSR count). The van der Waals surface area contributed by atoms with E-state index in [0.717, 1.165) is 11.1 Å². The van der Waals surface area contributed by atoms with E-state index in [1.807, 2.05) is 18.4 Å². The first-order valence-corrected chi connectivity index (χ1v) is 12.4. The zero-order chi connectivity index (χ0) is 25.1. The van der Waals surface area contributed by atoms with Crippen molar-refractivity contribution in [1.82, 2.24) is 0 Å². The molecule has 0 saturated heterocycles. The van der Waals surface area contributed by atoms with Crippen LogP contribution in [0.25, 0.3) is 27.7 Å². The molecule has 1 aromatic heterocycles. The minimum atomic E-state index is 0. The van der Waals surface area contributed by atoms with Gasteiger partial charge in [0.15, 0.2) is 0 Å². The fourth-order valence-electron chi connectivity index (χ4n) is 4.90. The molecule has 0 amide bonds. The van der Waals surface area contributed by atoms with Gasteiger partial charge in [0.05, 0.1) is 11.4 Å².